The number of aryl methyl sites for hydroxylation is 1. The third kappa shape index (κ3) is 3.70. The van der Waals surface area contributed by atoms with E-state index in [1.54, 1.807) is 36.4 Å². The summed E-state index contributed by atoms with van der Waals surface area (Å²) < 4.78 is 10.4. The summed E-state index contributed by atoms with van der Waals surface area (Å²) in [5.41, 5.74) is 4.42. The first-order valence-electron chi connectivity index (χ1n) is 7.22. The normalized spacial score (nSPS) is 12.2. The molecule has 2 aromatic rings. The van der Waals surface area contributed by atoms with Crippen molar-refractivity contribution in [2.75, 3.05) is 12.1 Å². The molecule has 0 radical (unpaired) electrons. The second-order valence-electron chi connectivity index (χ2n) is 5.14. The van der Waals surface area contributed by atoms with Crippen LogP contribution in [0, 0.1) is 6.92 Å². The molecular weight excluding hydrogens is 310 g/mol. The first kappa shape index (κ1) is 15.5. The summed E-state index contributed by atoms with van der Waals surface area (Å²) in [7, 11) is 0. The van der Waals surface area contributed by atoms with E-state index in [1.165, 1.54) is 6.21 Å². The Balaban J connectivity index is 1.55. The molecule has 0 saturated carbocycles. The minimum Gasteiger partial charge on any atom is -0.454 e. The molecule has 0 aliphatic carbocycles. The third-order valence-corrected chi connectivity index (χ3v) is 3.26. The lowest BCUT2D eigenvalue weighted by Gasteiger charge is -2.04. The highest BCUT2D eigenvalue weighted by Crippen LogP contribution is 2.31. The van der Waals surface area contributed by atoms with Crippen LogP contribution >= 0.6 is 0 Å². The number of hydrogen-bond acceptors (Lipinski definition) is 5. The smallest absolute Gasteiger partial charge is 0.329 e. The fourth-order valence-electron chi connectivity index (χ4n) is 2.12. The lowest BCUT2D eigenvalue weighted by atomic mass is 10.2. The van der Waals surface area contributed by atoms with Crippen molar-refractivity contribution < 1.29 is 19.1 Å². The molecule has 0 aromatic heterocycles. The minimum atomic E-state index is -0.853. The number of nitrogens with one attached hydrogen (secondary N) is 2. The molecule has 7 nitrogen and oxygen atoms in total. The van der Waals surface area contributed by atoms with Gasteiger partial charge < -0.3 is 14.8 Å². The minimum absolute atomic E-state index is 0.186. The Hall–Kier alpha value is -3.35. The fraction of sp³-hybridized carbons (Fsp3) is 0.118. The van der Waals surface area contributed by atoms with E-state index in [9.17, 15) is 9.59 Å². The van der Waals surface area contributed by atoms with E-state index in [4.69, 9.17) is 9.47 Å². The largest absolute Gasteiger partial charge is 0.454 e. The molecule has 3 rings (SSSR count). The van der Waals surface area contributed by atoms with Crippen LogP contribution in [0.15, 0.2) is 47.6 Å². The summed E-state index contributed by atoms with van der Waals surface area (Å²) in [6, 6.07) is 12.4. The van der Waals surface area contributed by atoms with Crippen LogP contribution in [0.2, 0.25) is 0 Å². The maximum absolute atomic E-state index is 11.8. The van der Waals surface area contributed by atoms with Gasteiger partial charge in [-0.05, 0) is 48.4 Å². The van der Waals surface area contributed by atoms with Gasteiger partial charge in [0.15, 0.2) is 11.5 Å². The average Bonchev–Trinajstić information content (AvgIpc) is 3.02. The van der Waals surface area contributed by atoms with Crippen molar-refractivity contribution in [3.63, 3.8) is 0 Å². The van der Waals surface area contributed by atoms with Crippen LogP contribution in [0.3, 0.4) is 0 Å². The van der Waals surface area contributed by atoms with Crippen LogP contribution in [0.4, 0.5) is 5.69 Å². The molecule has 0 spiro atoms. The second-order valence-corrected chi connectivity index (χ2v) is 5.14. The van der Waals surface area contributed by atoms with Gasteiger partial charge in [-0.1, -0.05) is 12.1 Å². The van der Waals surface area contributed by atoms with E-state index >= 15 is 0 Å². The Kier molecular flexibility index (Phi) is 4.42. The maximum atomic E-state index is 11.8. The molecule has 1 aliphatic heterocycles. The van der Waals surface area contributed by atoms with Crippen molar-refractivity contribution in [2.45, 2.75) is 6.92 Å². The highest BCUT2D eigenvalue weighted by Gasteiger charge is 2.14. The summed E-state index contributed by atoms with van der Waals surface area (Å²) in [5, 5.41) is 6.27. The van der Waals surface area contributed by atoms with Crippen molar-refractivity contribution in [1.29, 1.82) is 0 Å². The van der Waals surface area contributed by atoms with Crippen LogP contribution in [0.5, 0.6) is 11.5 Å². The van der Waals surface area contributed by atoms with Crippen LogP contribution in [-0.4, -0.2) is 24.8 Å². The van der Waals surface area contributed by atoms with Crippen LogP contribution in [0.25, 0.3) is 0 Å². The van der Waals surface area contributed by atoms with E-state index in [2.05, 4.69) is 15.8 Å². The van der Waals surface area contributed by atoms with E-state index in [0.29, 0.717) is 22.7 Å². The predicted octanol–water partition coefficient (Wildman–Crippen LogP) is 1.81. The number of hydrazone groups is 1. The predicted molar refractivity (Wildman–Crippen MR) is 88.1 cm³/mol. The zero-order valence-corrected chi connectivity index (χ0v) is 12.9. The van der Waals surface area contributed by atoms with Gasteiger partial charge in [0, 0.05) is 5.69 Å². The molecule has 24 heavy (non-hydrogen) atoms. The molecule has 2 amide bonds. The average molecular weight is 325 g/mol. The van der Waals surface area contributed by atoms with E-state index in [1.807, 2.05) is 13.0 Å². The summed E-state index contributed by atoms with van der Waals surface area (Å²) in [6.07, 6.45) is 1.42. The lowest BCUT2D eigenvalue weighted by Crippen LogP contribution is -2.32. The molecule has 122 valence electrons. The molecule has 2 aromatic carbocycles. The van der Waals surface area contributed by atoms with Gasteiger partial charge in [0.2, 0.25) is 6.79 Å². The molecule has 0 bridgehead atoms. The van der Waals surface area contributed by atoms with Gasteiger partial charge in [0.1, 0.15) is 0 Å². The van der Waals surface area contributed by atoms with Crippen LogP contribution in [-0.2, 0) is 9.59 Å². The molecule has 1 aliphatic rings. The Morgan fingerprint density at radius 1 is 1.08 bits per heavy atom. The first-order chi connectivity index (χ1) is 11.6. The van der Waals surface area contributed by atoms with Crippen molar-refractivity contribution >= 4 is 23.7 Å². The zero-order valence-electron chi connectivity index (χ0n) is 12.9. The number of benzene rings is 2. The summed E-state index contributed by atoms with van der Waals surface area (Å²) >= 11 is 0. The van der Waals surface area contributed by atoms with Crippen molar-refractivity contribution in [3.8, 4) is 11.5 Å². The van der Waals surface area contributed by atoms with Gasteiger partial charge in [0.05, 0.1) is 6.21 Å². The molecule has 0 unspecified atom stereocenters. The topological polar surface area (TPSA) is 89.0 Å². The number of fused-ring (bicyclic) bond motifs is 1. The van der Waals surface area contributed by atoms with Gasteiger partial charge >= 0.3 is 11.8 Å². The molecule has 0 saturated heterocycles. The number of nitrogens with zero attached hydrogens (tertiary/aromatic N) is 1. The van der Waals surface area contributed by atoms with Gasteiger partial charge in [-0.15, -0.1) is 0 Å². The number of rotatable bonds is 3. The van der Waals surface area contributed by atoms with Crippen molar-refractivity contribution in [3.05, 3.63) is 53.6 Å². The SMILES string of the molecule is Cc1cccc(NC(=O)C(=O)NN=Cc2ccc3c(c2)OCO3)c1. The van der Waals surface area contributed by atoms with E-state index in [0.717, 1.165) is 5.56 Å². The number of anilines is 1. The van der Waals surface area contributed by atoms with Gasteiger partial charge in [-0.2, -0.15) is 5.10 Å². The van der Waals surface area contributed by atoms with Crippen molar-refractivity contribution in [1.82, 2.24) is 5.43 Å². The standard InChI is InChI=1S/C17H15N3O4/c1-11-3-2-4-13(7-11)19-16(21)17(22)20-18-9-12-5-6-14-15(8-12)24-10-23-14/h2-9H,10H2,1H3,(H,19,21)(H,20,22). The highest BCUT2D eigenvalue weighted by molar-refractivity contribution is 6.39. The number of hydrogen-bond donors (Lipinski definition) is 2. The number of ether oxygens (including phenoxy) is 2. The Bertz CT molecular complexity index is 817. The number of carbonyl (C=O) groups is 2. The molecular formula is C17H15N3O4. The third-order valence-electron chi connectivity index (χ3n) is 3.26. The monoisotopic (exact) mass is 325 g/mol. The van der Waals surface area contributed by atoms with Gasteiger partial charge in [0.25, 0.3) is 0 Å². The van der Waals surface area contributed by atoms with E-state index < -0.39 is 11.8 Å². The van der Waals surface area contributed by atoms with Crippen molar-refractivity contribution in [2.24, 2.45) is 5.10 Å². The van der Waals surface area contributed by atoms with E-state index in [-0.39, 0.29) is 6.79 Å². The lowest BCUT2D eigenvalue weighted by molar-refractivity contribution is -0.136. The van der Waals surface area contributed by atoms with Crippen LogP contribution < -0.4 is 20.2 Å². The Morgan fingerprint density at radius 3 is 2.75 bits per heavy atom. The highest BCUT2D eigenvalue weighted by atomic mass is 16.7. The molecule has 1 heterocycles. The fourth-order valence-corrected chi connectivity index (χ4v) is 2.12. The summed E-state index contributed by atoms with van der Waals surface area (Å²) in [5.74, 6) is -0.367. The molecule has 7 heteroatoms. The van der Waals surface area contributed by atoms with Crippen LogP contribution in [0.1, 0.15) is 11.1 Å². The molecule has 0 atom stereocenters. The van der Waals surface area contributed by atoms with Gasteiger partial charge in [-0.25, -0.2) is 5.43 Å². The van der Waals surface area contributed by atoms with Gasteiger partial charge in [-0.3, -0.25) is 9.59 Å². The quantitative estimate of drug-likeness (QED) is 0.512. The zero-order chi connectivity index (χ0) is 16.9. The number of carbonyl (C=O) groups excluding carboxylic acids is 2. The Labute approximate surface area is 138 Å². The first-order valence-corrected chi connectivity index (χ1v) is 7.22. The Morgan fingerprint density at radius 2 is 1.92 bits per heavy atom. The summed E-state index contributed by atoms with van der Waals surface area (Å²) in [6.45, 7) is 2.08. The molecule has 0 fully saturated rings. The summed E-state index contributed by atoms with van der Waals surface area (Å²) in [4.78, 5) is 23.5. The second kappa shape index (κ2) is 6.82. The maximum Gasteiger partial charge on any atom is 0.329 e. The molecule has 2 N–H and O–H groups in total. The number of amides is 2.